The Morgan fingerprint density at radius 3 is 2.12 bits per heavy atom. The van der Waals surface area contributed by atoms with E-state index in [4.69, 9.17) is 5.73 Å². The number of unbranched alkanes of at least 4 members (excludes halogenated alkanes) is 6. The first-order valence-electron chi connectivity index (χ1n) is 11.8. The van der Waals surface area contributed by atoms with E-state index in [-0.39, 0.29) is 42.5 Å². The minimum Gasteiger partial charge on any atom is -0.508 e. The molecule has 0 spiro atoms. The van der Waals surface area contributed by atoms with Gasteiger partial charge in [0.25, 0.3) is 0 Å². The molecule has 0 fully saturated rings. The van der Waals surface area contributed by atoms with Crippen molar-refractivity contribution in [3.05, 3.63) is 29.8 Å². The van der Waals surface area contributed by atoms with Crippen LogP contribution in [0.25, 0.3) is 0 Å². The highest BCUT2D eigenvalue weighted by Gasteiger charge is 2.17. The number of hydrogen-bond acceptors (Lipinski definition) is 6. The number of phenols is 1. The number of aromatic hydroxyl groups is 1. The van der Waals surface area contributed by atoms with Crippen molar-refractivity contribution in [2.24, 2.45) is 5.73 Å². The Balaban J connectivity index is 0. The van der Waals surface area contributed by atoms with Crippen molar-refractivity contribution < 1.29 is 14.7 Å². The molecule has 0 aliphatic carbocycles. The molecule has 192 valence electrons. The maximum Gasteiger partial charge on any atom is 0.237 e. The van der Waals surface area contributed by atoms with Gasteiger partial charge in [-0.15, -0.1) is 24.8 Å². The van der Waals surface area contributed by atoms with Crippen LogP contribution in [0.5, 0.6) is 5.75 Å². The largest absolute Gasteiger partial charge is 0.508 e. The van der Waals surface area contributed by atoms with E-state index < -0.39 is 0 Å². The van der Waals surface area contributed by atoms with Gasteiger partial charge < -0.3 is 31.6 Å². The van der Waals surface area contributed by atoms with Gasteiger partial charge in [-0.2, -0.15) is 0 Å². The molecule has 0 saturated carbocycles. The average molecular weight is 508 g/mol. The van der Waals surface area contributed by atoms with Crippen LogP contribution in [-0.2, 0) is 16.0 Å². The van der Waals surface area contributed by atoms with Gasteiger partial charge in [0.1, 0.15) is 12.0 Å². The van der Waals surface area contributed by atoms with Crippen LogP contribution in [-0.4, -0.2) is 56.1 Å². The predicted octanol–water partition coefficient (Wildman–Crippen LogP) is 3.11. The molecule has 9 heteroatoms. The number of nitrogens with two attached hydrogens (primary N) is 1. The Kier molecular flexibility index (Phi) is 24.3. The molecular weight excluding hydrogens is 463 g/mol. The number of benzene rings is 1. The van der Waals surface area contributed by atoms with E-state index in [1.807, 2.05) is 12.1 Å². The van der Waals surface area contributed by atoms with Crippen LogP contribution in [0.15, 0.2) is 24.3 Å². The first-order chi connectivity index (χ1) is 15.2. The van der Waals surface area contributed by atoms with Crippen LogP contribution in [0, 0.1) is 0 Å². The summed E-state index contributed by atoms with van der Waals surface area (Å²) in [5, 5.41) is 19.2. The van der Waals surface area contributed by atoms with Gasteiger partial charge in [-0.3, -0.25) is 4.79 Å². The lowest BCUT2D eigenvalue weighted by atomic mass is 10.0. The van der Waals surface area contributed by atoms with E-state index in [2.05, 4.69) is 16.0 Å². The van der Waals surface area contributed by atoms with E-state index in [0.717, 1.165) is 57.2 Å². The first-order valence-corrected chi connectivity index (χ1v) is 11.8. The van der Waals surface area contributed by atoms with E-state index in [0.29, 0.717) is 32.4 Å². The fourth-order valence-corrected chi connectivity index (χ4v) is 3.35. The molecule has 6 N–H and O–H groups in total. The van der Waals surface area contributed by atoms with Crippen molar-refractivity contribution in [3.63, 3.8) is 0 Å². The second-order valence-electron chi connectivity index (χ2n) is 7.99. The second kappa shape index (κ2) is 23.8. The molecule has 0 aliphatic rings. The second-order valence-corrected chi connectivity index (χ2v) is 7.99. The van der Waals surface area contributed by atoms with Crippen LogP contribution in [0.1, 0.15) is 63.4 Å². The smallest absolute Gasteiger partial charge is 0.237 e. The fourth-order valence-electron chi connectivity index (χ4n) is 3.35. The Labute approximate surface area is 211 Å². The van der Waals surface area contributed by atoms with Crippen molar-refractivity contribution >= 4 is 37.0 Å². The first kappa shape index (κ1) is 33.8. The molecule has 0 saturated heterocycles. The van der Waals surface area contributed by atoms with Crippen LogP contribution < -0.4 is 21.7 Å². The van der Waals surface area contributed by atoms with Crippen LogP contribution in [0.4, 0.5) is 0 Å². The standard InChI is InChI=1S/C24H42N4O3.2ClH/c25-14-4-7-16-26-15-5-2-1-3-6-18-28-24(31)23(27-17-8-9-19-29)20-21-10-12-22(30)13-11-21;;/h10-13,19,23,26-27,30H,1-9,14-18,20,25H2,(H,28,31);2*1H/t23-;;/m0../s1. The van der Waals surface area contributed by atoms with Crippen molar-refractivity contribution in [2.45, 2.75) is 70.3 Å². The lowest BCUT2D eigenvalue weighted by Crippen LogP contribution is -2.46. The molecule has 0 bridgehead atoms. The summed E-state index contributed by atoms with van der Waals surface area (Å²) in [6, 6.07) is 6.58. The van der Waals surface area contributed by atoms with Gasteiger partial charge >= 0.3 is 0 Å². The SMILES string of the molecule is Cl.Cl.NCCCCNCCCCCCCNC(=O)[C@H](Cc1ccc(O)cc1)NCCCC=O. The number of aldehydes is 1. The zero-order valence-electron chi connectivity index (χ0n) is 19.7. The molecule has 33 heavy (non-hydrogen) atoms. The van der Waals surface area contributed by atoms with Crippen LogP contribution in [0.3, 0.4) is 0 Å². The number of amides is 1. The summed E-state index contributed by atoms with van der Waals surface area (Å²) in [6.07, 6.45) is 10.6. The minimum atomic E-state index is -0.346. The Morgan fingerprint density at radius 2 is 1.48 bits per heavy atom. The van der Waals surface area contributed by atoms with E-state index in [1.54, 1.807) is 12.1 Å². The van der Waals surface area contributed by atoms with Crippen molar-refractivity contribution in [3.8, 4) is 5.75 Å². The molecule has 1 aromatic carbocycles. The maximum absolute atomic E-state index is 12.7. The third kappa shape index (κ3) is 18.7. The zero-order chi connectivity index (χ0) is 22.6. The molecule has 1 amide bonds. The third-order valence-corrected chi connectivity index (χ3v) is 5.22. The molecule has 0 radical (unpaired) electrons. The number of rotatable bonds is 20. The van der Waals surface area contributed by atoms with E-state index in [9.17, 15) is 14.7 Å². The summed E-state index contributed by atoms with van der Waals surface area (Å²) in [6.45, 7) is 4.19. The topological polar surface area (TPSA) is 116 Å². The lowest BCUT2D eigenvalue weighted by molar-refractivity contribution is -0.123. The van der Waals surface area contributed by atoms with Gasteiger partial charge in [0.05, 0.1) is 6.04 Å². The normalized spacial score (nSPS) is 11.2. The predicted molar refractivity (Wildman–Crippen MR) is 141 cm³/mol. The monoisotopic (exact) mass is 506 g/mol. The summed E-state index contributed by atoms with van der Waals surface area (Å²) >= 11 is 0. The van der Waals surface area contributed by atoms with Gasteiger partial charge in [0, 0.05) is 13.0 Å². The summed E-state index contributed by atoms with van der Waals surface area (Å²) in [7, 11) is 0. The Morgan fingerprint density at radius 1 is 0.879 bits per heavy atom. The number of nitrogens with one attached hydrogen (secondary N) is 3. The highest BCUT2D eigenvalue weighted by Crippen LogP contribution is 2.11. The summed E-state index contributed by atoms with van der Waals surface area (Å²) in [5.41, 5.74) is 6.46. The van der Waals surface area contributed by atoms with Gasteiger partial charge in [-0.1, -0.05) is 31.4 Å². The number of phenolic OH excluding ortho intramolecular Hbond substituents is 1. The molecule has 0 heterocycles. The highest BCUT2D eigenvalue weighted by molar-refractivity contribution is 5.85. The molecule has 0 unspecified atom stereocenters. The molecular formula is C24H44Cl2N4O3. The number of carbonyl (C=O) groups excluding carboxylic acids is 2. The van der Waals surface area contributed by atoms with Crippen molar-refractivity contribution in [2.75, 3.05) is 32.7 Å². The van der Waals surface area contributed by atoms with E-state index in [1.165, 1.54) is 19.3 Å². The molecule has 7 nitrogen and oxygen atoms in total. The third-order valence-electron chi connectivity index (χ3n) is 5.22. The maximum atomic E-state index is 12.7. The number of hydrogen-bond donors (Lipinski definition) is 5. The van der Waals surface area contributed by atoms with Crippen molar-refractivity contribution in [1.29, 1.82) is 0 Å². The van der Waals surface area contributed by atoms with E-state index >= 15 is 0 Å². The van der Waals surface area contributed by atoms with Gasteiger partial charge in [0.2, 0.25) is 5.91 Å². The molecule has 1 aromatic rings. The molecule has 0 aliphatic heterocycles. The van der Waals surface area contributed by atoms with Gasteiger partial charge in [0.15, 0.2) is 0 Å². The Bertz CT molecular complexity index is 592. The zero-order valence-corrected chi connectivity index (χ0v) is 21.4. The summed E-state index contributed by atoms with van der Waals surface area (Å²) in [4.78, 5) is 23.2. The quantitative estimate of drug-likeness (QED) is 0.137. The summed E-state index contributed by atoms with van der Waals surface area (Å²) < 4.78 is 0. The lowest BCUT2D eigenvalue weighted by Gasteiger charge is -2.18. The van der Waals surface area contributed by atoms with Crippen LogP contribution in [0.2, 0.25) is 0 Å². The fraction of sp³-hybridized carbons (Fsp3) is 0.667. The summed E-state index contributed by atoms with van der Waals surface area (Å²) in [5.74, 6) is 0.201. The van der Waals surface area contributed by atoms with Crippen LogP contribution >= 0.6 is 24.8 Å². The highest BCUT2D eigenvalue weighted by atomic mass is 35.5. The average Bonchev–Trinajstić information content (AvgIpc) is 2.77. The molecule has 1 rings (SSSR count). The Hall–Kier alpha value is -1.38. The van der Waals surface area contributed by atoms with Crippen molar-refractivity contribution in [1.82, 2.24) is 16.0 Å². The minimum absolute atomic E-state index is 0. The van der Waals surface area contributed by atoms with Gasteiger partial charge in [-0.25, -0.2) is 0 Å². The molecule has 0 aromatic heterocycles. The number of halogens is 2. The number of carbonyl (C=O) groups is 2. The molecule has 1 atom stereocenters. The van der Waals surface area contributed by atoms with Gasteiger partial charge in [-0.05, 0) is 82.4 Å².